The lowest BCUT2D eigenvalue weighted by Gasteiger charge is -2.16. The quantitative estimate of drug-likeness (QED) is 0.922. The van der Waals surface area contributed by atoms with Gasteiger partial charge in [-0.05, 0) is 36.1 Å². The van der Waals surface area contributed by atoms with E-state index in [9.17, 15) is 4.79 Å². The molecule has 0 unspecified atom stereocenters. The molecule has 1 aromatic carbocycles. The number of benzene rings is 1. The van der Waals surface area contributed by atoms with E-state index in [-0.39, 0.29) is 5.91 Å². The molecule has 3 rings (SSSR count). The summed E-state index contributed by atoms with van der Waals surface area (Å²) in [6.07, 6.45) is 3.43. The van der Waals surface area contributed by atoms with Crippen LogP contribution in [-0.2, 0) is 16.8 Å². The molecule has 1 saturated carbocycles. The molecule has 1 fully saturated rings. The molecule has 4 nitrogen and oxygen atoms in total. The molecular weight excluding hydrogens is 300 g/mol. The molecule has 5 heteroatoms. The maximum atomic E-state index is 12.5. The third-order valence-electron chi connectivity index (χ3n) is 4.02. The Bertz CT molecular complexity index is 681. The Balaban J connectivity index is 1.66. The van der Waals surface area contributed by atoms with E-state index in [0.717, 1.165) is 24.0 Å². The first-order valence-electron chi connectivity index (χ1n) is 7.17. The molecule has 0 saturated heterocycles. The molecule has 0 aliphatic heterocycles. The van der Waals surface area contributed by atoms with Crippen molar-refractivity contribution in [2.45, 2.75) is 24.8 Å². The molecule has 1 aromatic heterocycles. The summed E-state index contributed by atoms with van der Waals surface area (Å²) < 4.78 is 5.02. The largest absolute Gasteiger partial charge is 0.481 e. The fraction of sp³-hybridized carbons (Fsp3) is 0.294. The van der Waals surface area contributed by atoms with Crippen molar-refractivity contribution in [2.75, 3.05) is 7.11 Å². The summed E-state index contributed by atoms with van der Waals surface area (Å²) >= 11 is 6.03. The van der Waals surface area contributed by atoms with Crippen LogP contribution in [0.2, 0.25) is 5.02 Å². The minimum absolute atomic E-state index is 0.0468. The van der Waals surface area contributed by atoms with Crippen LogP contribution in [0.1, 0.15) is 24.0 Å². The first-order chi connectivity index (χ1) is 10.6. The van der Waals surface area contributed by atoms with Crippen LogP contribution >= 0.6 is 11.6 Å². The normalized spacial score (nSPS) is 15.2. The second-order valence-electron chi connectivity index (χ2n) is 5.48. The summed E-state index contributed by atoms with van der Waals surface area (Å²) in [4.78, 5) is 16.7. The highest BCUT2D eigenvalue weighted by atomic mass is 35.5. The van der Waals surface area contributed by atoms with Crippen molar-refractivity contribution < 1.29 is 9.53 Å². The van der Waals surface area contributed by atoms with Gasteiger partial charge in [0.25, 0.3) is 0 Å². The summed E-state index contributed by atoms with van der Waals surface area (Å²) in [6.45, 7) is 0.456. The Hall–Kier alpha value is -2.07. The lowest BCUT2D eigenvalue weighted by atomic mass is 9.95. The number of nitrogens with zero attached hydrogens (tertiary/aromatic N) is 1. The van der Waals surface area contributed by atoms with Gasteiger partial charge in [0.1, 0.15) is 0 Å². The summed E-state index contributed by atoms with van der Waals surface area (Å²) in [5.41, 5.74) is 1.52. The topological polar surface area (TPSA) is 51.2 Å². The highest BCUT2D eigenvalue weighted by molar-refractivity contribution is 6.30. The molecule has 0 atom stereocenters. The summed E-state index contributed by atoms with van der Waals surface area (Å²) in [7, 11) is 1.58. The van der Waals surface area contributed by atoms with Crippen LogP contribution in [0.25, 0.3) is 0 Å². The Morgan fingerprint density at radius 2 is 2.18 bits per heavy atom. The molecule has 1 aliphatic rings. The van der Waals surface area contributed by atoms with Crippen molar-refractivity contribution in [2.24, 2.45) is 0 Å². The lowest BCUT2D eigenvalue weighted by Crippen LogP contribution is -2.34. The highest BCUT2D eigenvalue weighted by Crippen LogP contribution is 2.48. The van der Waals surface area contributed by atoms with Crippen LogP contribution in [0, 0.1) is 0 Å². The number of methoxy groups -OCH3 is 1. The van der Waals surface area contributed by atoms with E-state index < -0.39 is 5.41 Å². The second-order valence-corrected chi connectivity index (χ2v) is 5.92. The molecule has 1 aliphatic carbocycles. The fourth-order valence-corrected chi connectivity index (χ4v) is 2.74. The number of halogens is 1. The van der Waals surface area contributed by atoms with Crippen LogP contribution in [0.4, 0.5) is 0 Å². The van der Waals surface area contributed by atoms with Crippen LogP contribution in [0.3, 0.4) is 0 Å². The zero-order chi connectivity index (χ0) is 15.6. The zero-order valence-electron chi connectivity index (χ0n) is 12.3. The summed E-state index contributed by atoms with van der Waals surface area (Å²) in [5.74, 6) is 0.609. The Kier molecular flexibility index (Phi) is 4.03. The zero-order valence-corrected chi connectivity index (χ0v) is 13.1. The van der Waals surface area contributed by atoms with E-state index in [2.05, 4.69) is 10.3 Å². The number of amides is 1. The van der Waals surface area contributed by atoms with Gasteiger partial charge >= 0.3 is 0 Å². The number of hydrogen-bond donors (Lipinski definition) is 1. The van der Waals surface area contributed by atoms with Gasteiger partial charge in [0.05, 0.1) is 12.5 Å². The number of carbonyl (C=O) groups excluding carboxylic acids is 1. The van der Waals surface area contributed by atoms with E-state index in [4.69, 9.17) is 16.3 Å². The minimum atomic E-state index is -0.412. The van der Waals surface area contributed by atoms with E-state index in [1.54, 1.807) is 19.4 Å². The van der Waals surface area contributed by atoms with E-state index >= 15 is 0 Å². The lowest BCUT2D eigenvalue weighted by molar-refractivity contribution is -0.123. The molecule has 2 aromatic rings. The standard InChI is InChI=1S/C17H17ClN2O2/c1-22-15-6-5-12(10-19-15)11-20-16(21)17(7-8-17)13-3-2-4-14(18)9-13/h2-6,9-10H,7-8,11H2,1H3,(H,20,21). The molecule has 1 heterocycles. The third-order valence-corrected chi connectivity index (χ3v) is 4.26. The first kappa shape index (κ1) is 14.9. The van der Waals surface area contributed by atoms with Gasteiger partial charge in [-0.25, -0.2) is 4.98 Å². The maximum Gasteiger partial charge on any atom is 0.230 e. The van der Waals surface area contributed by atoms with Crippen molar-refractivity contribution in [1.82, 2.24) is 10.3 Å². The third kappa shape index (κ3) is 2.92. The SMILES string of the molecule is COc1ccc(CNC(=O)C2(c3cccc(Cl)c3)CC2)cn1. The molecule has 0 bridgehead atoms. The minimum Gasteiger partial charge on any atom is -0.481 e. The van der Waals surface area contributed by atoms with Crippen molar-refractivity contribution in [1.29, 1.82) is 0 Å². The van der Waals surface area contributed by atoms with Crippen LogP contribution in [-0.4, -0.2) is 18.0 Å². The molecule has 0 spiro atoms. The summed E-state index contributed by atoms with van der Waals surface area (Å²) in [6, 6.07) is 11.2. The van der Waals surface area contributed by atoms with Gasteiger partial charge in [-0.1, -0.05) is 29.8 Å². The van der Waals surface area contributed by atoms with Crippen molar-refractivity contribution in [3.8, 4) is 5.88 Å². The molecule has 22 heavy (non-hydrogen) atoms. The summed E-state index contributed by atoms with van der Waals surface area (Å²) in [5, 5.41) is 3.66. The second kappa shape index (κ2) is 5.97. The number of ether oxygens (including phenoxy) is 1. The maximum absolute atomic E-state index is 12.5. The van der Waals surface area contributed by atoms with Crippen molar-refractivity contribution >= 4 is 17.5 Å². The average Bonchev–Trinajstić information content (AvgIpc) is 3.35. The number of carbonyl (C=O) groups is 1. The highest BCUT2D eigenvalue weighted by Gasteiger charge is 2.51. The van der Waals surface area contributed by atoms with Crippen LogP contribution < -0.4 is 10.1 Å². The van der Waals surface area contributed by atoms with Gasteiger partial charge in [-0.15, -0.1) is 0 Å². The van der Waals surface area contributed by atoms with Gasteiger partial charge < -0.3 is 10.1 Å². The van der Waals surface area contributed by atoms with E-state index in [1.165, 1.54) is 0 Å². The molecule has 1 amide bonds. The Labute approximate surface area is 134 Å². The van der Waals surface area contributed by atoms with Gasteiger partial charge in [-0.3, -0.25) is 4.79 Å². The van der Waals surface area contributed by atoms with Crippen molar-refractivity contribution in [3.05, 3.63) is 58.7 Å². The monoisotopic (exact) mass is 316 g/mol. The van der Waals surface area contributed by atoms with Crippen LogP contribution in [0.15, 0.2) is 42.6 Å². The van der Waals surface area contributed by atoms with Gasteiger partial charge in [0.15, 0.2) is 0 Å². The molecular formula is C17H17ClN2O2. The number of rotatable bonds is 5. The van der Waals surface area contributed by atoms with E-state index in [0.29, 0.717) is 17.4 Å². The molecule has 1 N–H and O–H groups in total. The van der Waals surface area contributed by atoms with E-state index in [1.807, 2.05) is 30.3 Å². The Morgan fingerprint density at radius 1 is 1.36 bits per heavy atom. The smallest absolute Gasteiger partial charge is 0.230 e. The van der Waals surface area contributed by atoms with Crippen LogP contribution in [0.5, 0.6) is 5.88 Å². The first-order valence-corrected chi connectivity index (χ1v) is 7.55. The predicted octanol–water partition coefficient (Wildman–Crippen LogP) is 3.09. The van der Waals surface area contributed by atoms with Gasteiger partial charge in [-0.2, -0.15) is 0 Å². The van der Waals surface area contributed by atoms with Gasteiger partial charge in [0.2, 0.25) is 11.8 Å². The number of pyridine rings is 1. The molecule has 0 radical (unpaired) electrons. The molecule has 114 valence electrons. The van der Waals surface area contributed by atoms with Gasteiger partial charge in [0, 0.05) is 23.8 Å². The number of aromatic nitrogens is 1. The number of nitrogens with one attached hydrogen (secondary N) is 1. The number of hydrogen-bond acceptors (Lipinski definition) is 3. The van der Waals surface area contributed by atoms with Crippen molar-refractivity contribution in [3.63, 3.8) is 0 Å². The average molecular weight is 317 g/mol. The Morgan fingerprint density at radius 3 is 2.77 bits per heavy atom. The predicted molar refractivity (Wildman–Crippen MR) is 85.0 cm³/mol. The fourth-order valence-electron chi connectivity index (χ4n) is 2.55.